The minimum Gasteiger partial charge on any atom is -0.324 e. The quantitative estimate of drug-likeness (QED) is 0.944. The van der Waals surface area contributed by atoms with Crippen LogP contribution in [0.4, 0.5) is 0 Å². The van der Waals surface area contributed by atoms with Crippen LogP contribution in [-0.2, 0) is 16.3 Å². The van der Waals surface area contributed by atoms with Gasteiger partial charge in [0.1, 0.15) is 0 Å². The molecule has 2 N–H and O–H groups in total. The van der Waals surface area contributed by atoms with Crippen LogP contribution in [0.5, 0.6) is 0 Å². The van der Waals surface area contributed by atoms with Crippen LogP contribution in [0.3, 0.4) is 0 Å². The lowest BCUT2D eigenvalue weighted by Crippen LogP contribution is -2.14. The Hall–Kier alpha value is -1.36. The summed E-state index contributed by atoms with van der Waals surface area (Å²) in [6.07, 6.45) is 1.82. The maximum absolute atomic E-state index is 11.5. The second-order valence-corrected chi connectivity index (χ2v) is 7.23. The molecule has 0 amide bonds. The highest BCUT2D eigenvalue weighted by Crippen LogP contribution is 2.20. The summed E-state index contributed by atoms with van der Waals surface area (Å²) in [5.74, 6) is 0. The van der Waals surface area contributed by atoms with Crippen molar-refractivity contribution in [3.63, 3.8) is 0 Å². The van der Waals surface area contributed by atoms with Gasteiger partial charge in [0.15, 0.2) is 9.84 Å². The third-order valence-corrected chi connectivity index (χ3v) is 4.45. The fraction of sp³-hybridized carbons (Fsp3) is 0.200. The van der Waals surface area contributed by atoms with Gasteiger partial charge in [0.05, 0.1) is 4.90 Å². The lowest BCUT2D eigenvalue weighted by atomic mass is 10.00. The van der Waals surface area contributed by atoms with Gasteiger partial charge in [-0.05, 0) is 41.8 Å². The molecule has 1 unspecified atom stereocenters. The molecule has 2 aromatic carbocycles. The van der Waals surface area contributed by atoms with Crippen molar-refractivity contribution in [2.45, 2.75) is 17.4 Å². The Kier molecular flexibility index (Phi) is 4.48. The highest BCUT2D eigenvalue weighted by Gasteiger charge is 2.12. The van der Waals surface area contributed by atoms with E-state index in [1.54, 1.807) is 18.2 Å². The zero-order valence-corrected chi connectivity index (χ0v) is 12.7. The first kappa shape index (κ1) is 15.0. The lowest BCUT2D eigenvalue weighted by molar-refractivity contribution is 0.601. The van der Waals surface area contributed by atoms with Gasteiger partial charge in [-0.2, -0.15) is 0 Å². The molecule has 0 heterocycles. The van der Waals surface area contributed by atoms with Crippen LogP contribution in [0.1, 0.15) is 17.2 Å². The molecule has 106 valence electrons. The summed E-state index contributed by atoms with van der Waals surface area (Å²) in [5.41, 5.74) is 8.02. The molecule has 3 nitrogen and oxygen atoms in total. The van der Waals surface area contributed by atoms with E-state index in [2.05, 4.69) is 0 Å². The van der Waals surface area contributed by atoms with E-state index < -0.39 is 9.84 Å². The van der Waals surface area contributed by atoms with Gasteiger partial charge >= 0.3 is 0 Å². The Morgan fingerprint density at radius 2 is 1.80 bits per heavy atom. The first-order valence-corrected chi connectivity index (χ1v) is 8.43. The number of sulfone groups is 1. The summed E-state index contributed by atoms with van der Waals surface area (Å²) in [6, 6.07) is 14.0. The predicted molar refractivity (Wildman–Crippen MR) is 81.6 cm³/mol. The molecule has 0 aromatic heterocycles. The van der Waals surface area contributed by atoms with Gasteiger partial charge < -0.3 is 5.73 Å². The maximum Gasteiger partial charge on any atom is 0.175 e. The topological polar surface area (TPSA) is 60.2 Å². The molecule has 2 rings (SSSR count). The third-order valence-electron chi connectivity index (χ3n) is 3.08. The average molecular weight is 310 g/mol. The highest BCUT2D eigenvalue weighted by molar-refractivity contribution is 7.90. The third kappa shape index (κ3) is 3.82. The van der Waals surface area contributed by atoms with Crippen LogP contribution in [0.2, 0.25) is 5.02 Å². The summed E-state index contributed by atoms with van der Waals surface area (Å²) in [5, 5.41) is 0.682. The number of hydrogen-bond donors (Lipinski definition) is 1. The standard InChI is InChI=1S/C15H16ClNO2S/c1-20(18,19)14-4-2-3-12(10-14)15(17)9-11-5-7-13(16)8-6-11/h2-8,10,15H,9,17H2,1H3. The van der Waals surface area contributed by atoms with Crippen molar-refractivity contribution in [3.05, 3.63) is 64.7 Å². The summed E-state index contributed by atoms with van der Waals surface area (Å²) in [7, 11) is -3.21. The summed E-state index contributed by atoms with van der Waals surface area (Å²) >= 11 is 5.84. The van der Waals surface area contributed by atoms with Crippen molar-refractivity contribution < 1.29 is 8.42 Å². The fourth-order valence-electron chi connectivity index (χ4n) is 1.97. The van der Waals surface area contributed by atoms with Gasteiger partial charge in [-0.3, -0.25) is 0 Å². The van der Waals surface area contributed by atoms with E-state index in [1.807, 2.05) is 30.3 Å². The number of halogens is 1. The highest BCUT2D eigenvalue weighted by atomic mass is 35.5. The van der Waals surface area contributed by atoms with E-state index in [0.29, 0.717) is 16.3 Å². The van der Waals surface area contributed by atoms with Gasteiger partial charge in [0.2, 0.25) is 0 Å². The largest absolute Gasteiger partial charge is 0.324 e. The van der Waals surface area contributed by atoms with Gasteiger partial charge in [-0.1, -0.05) is 35.9 Å². The van der Waals surface area contributed by atoms with Crippen LogP contribution in [0.25, 0.3) is 0 Å². The fourth-order valence-corrected chi connectivity index (χ4v) is 2.77. The average Bonchev–Trinajstić information content (AvgIpc) is 2.40. The van der Waals surface area contributed by atoms with Crippen molar-refractivity contribution >= 4 is 21.4 Å². The monoisotopic (exact) mass is 309 g/mol. The lowest BCUT2D eigenvalue weighted by Gasteiger charge is -2.13. The molecule has 0 spiro atoms. The molecule has 20 heavy (non-hydrogen) atoms. The predicted octanol–water partition coefficient (Wildman–Crippen LogP) is 2.99. The van der Waals surface area contributed by atoms with Crippen LogP contribution in [0, 0.1) is 0 Å². The second-order valence-electron chi connectivity index (χ2n) is 4.78. The maximum atomic E-state index is 11.5. The molecule has 0 aliphatic heterocycles. The van der Waals surface area contributed by atoms with Gasteiger partial charge in [-0.25, -0.2) is 8.42 Å². The van der Waals surface area contributed by atoms with Crippen molar-refractivity contribution in [3.8, 4) is 0 Å². The Morgan fingerprint density at radius 3 is 2.40 bits per heavy atom. The zero-order valence-electron chi connectivity index (χ0n) is 11.1. The minimum atomic E-state index is -3.21. The molecule has 1 atom stereocenters. The summed E-state index contributed by atoms with van der Waals surface area (Å²) in [6.45, 7) is 0. The van der Waals surface area contributed by atoms with Crippen molar-refractivity contribution in [1.82, 2.24) is 0 Å². The molecule has 0 saturated carbocycles. The Morgan fingerprint density at radius 1 is 1.15 bits per heavy atom. The van der Waals surface area contributed by atoms with Gasteiger partial charge in [0, 0.05) is 17.3 Å². The number of rotatable bonds is 4. The molecular formula is C15H16ClNO2S. The van der Waals surface area contributed by atoms with Crippen LogP contribution in [-0.4, -0.2) is 14.7 Å². The number of benzene rings is 2. The van der Waals surface area contributed by atoms with Crippen molar-refractivity contribution in [2.75, 3.05) is 6.26 Å². The van der Waals surface area contributed by atoms with Gasteiger partial charge in [0.25, 0.3) is 0 Å². The van der Waals surface area contributed by atoms with E-state index in [0.717, 1.165) is 11.1 Å². The Balaban J connectivity index is 2.21. The molecule has 5 heteroatoms. The molecular weight excluding hydrogens is 294 g/mol. The van der Waals surface area contributed by atoms with Crippen molar-refractivity contribution in [2.24, 2.45) is 5.73 Å². The van der Waals surface area contributed by atoms with Crippen LogP contribution < -0.4 is 5.73 Å². The van der Waals surface area contributed by atoms with E-state index in [-0.39, 0.29) is 6.04 Å². The molecule has 0 bridgehead atoms. The zero-order chi connectivity index (χ0) is 14.8. The summed E-state index contributed by atoms with van der Waals surface area (Å²) in [4.78, 5) is 0.293. The minimum absolute atomic E-state index is 0.252. The molecule has 0 saturated heterocycles. The normalized spacial score (nSPS) is 13.2. The molecule has 0 radical (unpaired) electrons. The van der Waals surface area contributed by atoms with Crippen LogP contribution in [0.15, 0.2) is 53.4 Å². The Labute approximate surface area is 124 Å². The first-order valence-electron chi connectivity index (χ1n) is 6.16. The molecule has 0 aliphatic carbocycles. The van der Waals surface area contributed by atoms with E-state index in [4.69, 9.17) is 17.3 Å². The van der Waals surface area contributed by atoms with Crippen LogP contribution >= 0.6 is 11.6 Å². The van der Waals surface area contributed by atoms with Gasteiger partial charge in [-0.15, -0.1) is 0 Å². The number of nitrogens with two attached hydrogens (primary N) is 1. The number of hydrogen-bond acceptors (Lipinski definition) is 3. The molecule has 0 fully saturated rings. The first-order chi connectivity index (χ1) is 9.36. The molecule has 2 aromatic rings. The van der Waals surface area contributed by atoms with E-state index in [9.17, 15) is 8.42 Å². The SMILES string of the molecule is CS(=O)(=O)c1cccc(C(N)Cc2ccc(Cl)cc2)c1. The second kappa shape index (κ2) is 5.95. The van der Waals surface area contributed by atoms with E-state index in [1.165, 1.54) is 6.26 Å². The smallest absolute Gasteiger partial charge is 0.175 e. The Bertz CT molecular complexity index is 696. The van der Waals surface area contributed by atoms with E-state index >= 15 is 0 Å². The molecule has 0 aliphatic rings. The summed E-state index contributed by atoms with van der Waals surface area (Å²) < 4.78 is 23.1. The van der Waals surface area contributed by atoms with Crippen molar-refractivity contribution in [1.29, 1.82) is 0 Å².